The number of hydrogen-bond acceptors (Lipinski definition) is 8. The molecule has 2 bridgehead atoms. The number of pyridine rings is 1. The second-order valence-corrected chi connectivity index (χ2v) is 17.9. The molecule has 4 aromatic rings. The summed E-state index contributed by atoms with van der Waals surface area (Å²) < 4.78 is 1.86. The van der Waals surface area contributed by atoms with Crippen LogP contribution in [0.15, 0.2) is 48.7 Å². The first kappa shape index (κ1) is 38.2. The van der Waals surface area contributed by atoms with Crippen LogP contribution in [0.5, 0.6) is 0 Å². The lowest BCUT2D eigenvalue weighted by Gasteiger charge is -2.32. The van der Waals surface area contributed by atoms with Gasteiger partial charge in [0.1, 0.15) is 5.69 Å². The Balaban J connectivity index is 0.853. The van der Waals surface area contributed by atoms with Crippen LogP contribution in [0.3, 0.4) is 0 Å². The average molecular weight is 813 g/mol. The van der Waals surface area contributed by atoms with E-state index in [9.17, 15) is 24.6 Å². The zero-order valence-electron chi connectivity index (χ0n) is 32.0. The number of hydrogen-bond donors (Lipinski definition) is 4. The molecule has 12 nitrogen and oxygen atoms in total. The van der Waals surface area contributed by atoms with E-state index in [0.29, 0.717) is 63.7 Å². The van der Waals surface area contributed by atoms with Crippen molar-refractivity contribution in [3.05, 3.63) is 92.7 Å². The maximum absolute atomic E-state index is 13.7. The molecule has 0 atom stereocenters. The Morgan fingerprint density at radius 2 is 1.51 bits per heavy atom. The van der Waals surface area contributed by atoms with Gasteiger partial charge in [0, 0.05) is 69.2 Å². The van der Waals surface area contributed by atoms with Crippen LogP contribution < -0.4 is 10.6 Å². The molecule has 2 aliphatic heterocycles. The van der Waals surface area contributed by atoms with Gasteiger partial charge in [0.05, 0.1) is 38.1 Å². The minimum absolute atomic E-state index is 0.131. The molecule has 3 saturated carbocycles. The molecular weight excluding hydrogens is 765 g/mol. The van der Waals surface area contributed by atoms with Crippen molar-refractivity contribution < 1.29 is 24.6 Å². The highest BCUT2D eigenvalue weighted by atomic mass is 35.5. The number of carboxylic acids is 1. The maximum Gasteiger partial charge on any atom is 0.309 e. The maximum atomic E-state index is 13.7. The molecule has 57 heavy (non-hydrogen) atoms. The Bertz CT molecular complexity index is 2300. The van der Waals surface area contributed by atoms with E-state index in [1.165, 1.54) is 0 Å². The molecule has 5 aliphatic rings. The van der Waals surface area contributed by atoms with Gasteiger partial charge in [-0.3, -0.25) is 29.2 Å². The van der Waals surface area contributed by atoms with Crippen molar-refractivity contribution in [3.63, 3.8) is 0 Å². The van der Waals surface area contributed by atoms with Gasteiger partial charge in [0.2, 0.25) is 0 Å². The van der Waals surface area contributed by atoms with Crippen LogP contribution in [0, 0.1) is 10.8 Å². The van der Waals surface area contributed by atoms with Crippen LogP contribution in [0.4, 0.5) is 11.4 Å². The van der Waals surface area contributed by atoms with E-state index in [2.05, 4.69) is 25.4 Å². The van der Waals surface area contributed by atoms with Crippen LogP contribution in [-0.2, 0) is 37.8 Å². The van der Waals surface area contributed by atoms with E-state index in [0.717, 1.165) is 106 Å². The normalized spacial score (nSPS) is 23.5. The van der Waals surface area contributed by atoms with Gasteiger partial charge < -0.3 is 25.4 Å². The van der Waals surface area contributed by atoms with Crippen molar-refractivity contribution in [2.24, 2.45) is 17.9 Å². The van der Waals surface area contributed by atoms with Gasteiger partial charge in [-0.15, -0.1) is 0 Å². The molecule has 0 unspecified atom stereocenters. The second kappa shape index (κ2) is 14.5. The number of benzene rings is 2. The molecule has 9 rings (SSSR count). The van der Waals surface area contributed by atoms with E-state index < -0.39 is 17.0 Å². The highest BCUT2D eigenvalue weighted by Crippen LogP contribution is 2.63. The number of halogens is 2. The molecular formula is C43H47Cl2N7O5. The lowest BCUT2D eigenvalue weighted by Crippen LogP contribution is -2.37. The number of carboxylic acid groups (broad SMARTS) is 1. The summed E-state index contributed by atoms with van der Waals surface area (Å²) in [6.45, 7) is 4.57. The van der Waals surface area contributed by atoms with Gasteiger partial charge in [-0.05, 0) is 99.1 Å². The molecule has 14 heteroatoms. The van der Waals surface area contributed by atoms with Crippen molar-refractivity contribution in [2.75, 3.05) is 36.8 Å². The molecule has 3 aliphatic carbocycles. The Morgan fingerprint density at radius 3 is 2.16 bits per heavy atom. The molecule has 0 radical (unpaired) electrons. The summed E-state index contributed by atoms with van der Waals surface area (Å²) in [5, 5.41) is 26.7. The Labute approximate surface area is 341 Å². The van der Waals surface area contributed by atoms with Gasteiger partial charge in [0.15, 0.2) is 5.82 Å². The van der Waals surface area contributed by atoms with Crippen LogP contribution >= 0.6 is 23.2 Å². The predicted molar refractivity (Wildman–Crippen MR) is 218 cm³/mol. The molecule has 2 aromatic heterocycles. The Hall–Kier alpha value is -4.33. The molecule has 4 N–H and O–H groups in total. The summed E-state index contributed by atoms with van der Waals surface area (Å²) >= 11 is 13.9. The third-order valence-electron chi connectivity index (χ3n) is 13.5. The van der Waals surface area contributed by atoms with Crippen LogP contribution in [-0.4, -0.2) is 84.1 Å². The monoisotopic (exact) mass is 811 g/mol. The smallest absolute Gasteiger partial charge is 0.309 e. The number of rotatable bonds is 11. The fourth-order valence-corrected chi connectivity index (χ4v) is 10.4. The largest absolute Gasteiger partial charge is 0.481 e. The quantitative estimate of drug-likeness (QED) is 0.126. The molecule has 2 aromatic carbocycles. The first-order valence-corrected chi connectivity index (χ1v) is 20.7. The van der Waals surface area contributed by atoms with Gasteiger partial charge in [-0.1, -0.05) is 47.5 Å². The number of aromatic nitrogens is 3. The summed E-state index contributed by atoms with van der Waals surface area (Å²) in [6, 6.07) is 12.5. The summed E-state index contributed by atoms with van der Waals surface area (Å²) in [5.74, 6) is -1.09. The van der Waals surface area contributed by atoms with Crippen LogP contribution in [0.2, 0.25) is 10.0 Å². The number of nitrogens with one attached hydrogen (secondary N) is 2. The first-order valence-electron chi connectivity index (χ1n) is 20.0. The van der Waals surface area contributed by atoms with Gasteiger partial charge in [-0.25, -0.2) is 4.98 Å². The zero-order chi connectivity index (χ0) is 39.7. The van der Waals surface area contributed by atoms with Gasteiger partial charge >= 0.3 is 5.97 Å². The van der Waals surface area contributed by atoms with Crippen molar-refractivity contribution >= 4 is 52.4 Å². The van der Waals surface area contributed by atoms with E-state index in [4.69, 9.17) is 28.2 Å². The number of anilines is 2. The van der Waals surface area contributed by atoms with E-state index >= 15 is 0 Å². The number of imidazole rings is 1. The highest BCUT2D eigenvalue weighted by Gasteiger charge is 2.57. The summed E-state index contributed by atoms with van der Waals surface area (Å²) in [5.41, 5.74) is 5.40. The van der Waals surface area contributed by atoms with Gasteiger partial charge in [-0.2, -0.15) is 0 Å². The number of amides is 2. The fraction of sp³-hybridized carbons (Fsp3) is 0.465. The van der Waals surface area contributed by atoms with Crippen molar-refractivity contribution in [1.29, 1.82) is 0 Å². The number of carbonyl (C=O) groups is 3. The molecule has 0 saturated heterocycles. The summed E-state index contributed by atoms with van der Waals surface area (Å²) in [4.78, 5) is 53.0. The third kappa shape index (κ3) is 7.24. The molecule has 0 spiro atoms. The van der Waals surface area contributed by atoms with E-state index in [1.807, 2.05) is 29.8 Å². The van der Waals surface area contributed by atoms with Crippen molar-refractivity contribution in [1.82, 2.24) is 24.3 Å². The minimum Gasteiger partial charge on any atom is -0.481 e. The zero-order valence-corrected chi connectivity index (χ0v) is 33.6. The number of β-amino-alcohol motifs (C(OH)–C–C–N with tert-alkyl or cyclic N) is 1. The van der Waals surface area contributed by atoms with E-state index in [-0.39, 0.29) is 17.2 Å². The Morgan fingerprint density at radius 1 is 0.842 bits per heavy atom. The van der Waals surface area contributed by atoms with Crippen LogP contribution in [0.25, 0.3) is 11.1 Å². The second-order valence-electron chi connectivity index (χ2n) is 17.2. The summed E-state index contributed by atoms with van der Waals surface area (Å²) in [6.07, 6.45) is 10.3. The number of carbonyl (C=O) groups excluding carboxylic acids is 2. The lowest BCUT2D eigenvalue weighted by atomic mass is 9.80. The minimum atomic E-state index is -0.630. The molecule has 3 fully saturated rings. The first-order chi connectivity index (χ1) is 27.3. The number of fused-ring (bicyclic) bond motifs is 4. The van der Waals surface area contributed by atoms with Crippen molar-refractivity contribution in [3.8, 4) is 11.1 Å². The average Bonchev–Trinajstić information content (AvgIpc) is 3.49. The number of aliphatic hydroxyl groups is 1. The van der Waals surface area contributed by atoms with Gasteiger partial charge in [0.25, 0.3) is 11.8 Å². The Kier molecular flexibility index (Phi) is 9.71. The number of aliphatic carboxylic acids is 1. The highest BCUT2D eigenvalue weighted by molar-refractivity contribution is 6.40. The number of nitrogens with zero attached hydrogens (tertiary/aromatic N) is 5. The standard InChI is InChI=1S/C43H47Cl2N7O5/c1-50-34-9-18-51(19-16-41-10-12-42(24-41,13-11-41)40(55)56)23-33(34)47-37(50)39(54)49-31-7-3-5-29(36(31)45)28-4-2-6-30(35(28)44)48-38(53)32-20-26-8-17-52(22-27(26)21-46-32)25-43(57)14-15-43/h2-7,20-21,57H,8-19,22-25H2,1H3,(H,48,53)(H,49,54)(H,55,56). The molecule has 298 valence electrons. The lowest BCUT2D eigenvalue weighted by molar-refractivity contribution is -0.148. The summed E-state index contributed by atoms with van der Waals surface area (Å²) in [7, 11) is 1.87. The topological polar surface area (TPSA) is 153 Å². The third-order valence-corrected chi connectivity index (χ3v) is 14.3. The van der Waals surface area contributed by atoms with E-state index in [1.54, 1.807) is 30.5 Å². The van der Waals surface area contributed by atoms with Crippen LogP contribution in [0.1, 0.15) is 95.0 Å². The SMILES string of the molecule is Cn1c(C(=O)Nc2cccc(-c3cccc(NC(=O)c4cc5c(cn4)CN(CC4(O)CC4)CC5)c3Cl)c2Cl)nc2c1CCN(CCC13CCC(C(=O)O)(CC1)C3)C2. The molecule has 2 amide bonds. The fourth-order valence-electron chi connectivity index (χ4n) is 9.84. The van der Waals surface area contributed by atoms with Crippen molar-refractivity contribution in [2.45, 2.75) is 82.9 Å². The molecule has 4 heterocycles. The predicted octanol–water partition coefficient (Wildman–Crippen LogP) is 6.96.